The molecule has 2 aromatic carbocycles. The molecule has 0 saturated heterocycles. The maximum absolute atomic E-state index is 13.2. The molecule has 2 atom stereocenters. The first-order valence-electron chi connectivity index (χ1n) is 11.0. The zero-order valence-electron chi connectivity index (χ0n) is 18.9. The summed E-state index contributed by atoms with van der Waals surface area (Å²) in [5.41, 5.74) is 2.15. The Hall–Kier alpha value is -1.69. The molecule has 2 rings (SSSR count). The molecule has 1 N–H and O–H groups in total. The van der Waals surface area contributed by atoms with Crippen LogP contribution in [0.25, 0.3) is 0 Å². The van der Waals surface area contributed by atoms with E-state index in [9.17, 15) is 9.59 Å². The number of nitrogens with zero attached hydrogens (tertiary/aromatic N) is 1. The average molecular weight is 496 g/mol. The van der Waals surface area contributed by atoms with Crippen LogP contribution in [0.1, 0.15) is 44.7 Å². The van der Waals surface area contributed by atoms with Crippen LogP contribution in [0.15, 0.2) is 48.5 Å². The van der Waals surface area contributed by atoms with Crippen LogP contribution < -0.4 is 5.32 Å². The minimum atomic E-state index is -0.481. The number of benzene rings is 2. The van der Waals surface area contributed by atoms with E-state index in [1.165, 1.54) is 11.8 Å². The Balaban J connectivity index is 2.07. The maximum Gasteiger partial charge on any atom is 0.243 e. The molecule has 0 spiro atoms. The number of hydrogen-bond donors (Lipinski definition) is 1. The zero-order valence-corrected chi connectivity index (χ0v) is 21.3. The highest BCUT2D eigenvalue weighted by Gasteiger charge is 2.28. The minimum absolute atomic E-state index is 0.0304. The second kappa shape index (κ2) is 13.8. The van der Waals surface area contributed by atoms with Gasteiger partial charge in [-0.25, -0.2) is 0 Å². The van der Waals surface area contributed by atoms with E-state index in [1.54, 1.807) is 11.0 Å². The van der Waals surface area contributed by atoms with Crippen molar-refractivity contribution in [2.24, 2.45) is 0 Å². The Bertz CT molecular complexity index is 880. The summed E-state index contributed by atoms with van der Waals surface area (Å²) in [5, 5.41) is 4.06. The molecule has 0 aromatic heterocycles. The molecule has 0 fully saturated rings. The Kier molecular flexibility index (Phi) is 11.4. The normalized spacial score (nSPS) is 12.8. The standard InChI is InChI=1S/C25H32Cl2N2O2S/c1-4-18(3)28-25(31)23(5-2)29(14-13-19-9-7-6-8-10-19)24(30)17-32-16-20-11-12-21(26)22(27)15-20/h6-12,15,18,23H,4-5,13-14,16-17H2,1-3H3,(H,28,31)/t18-,23-/m1/s1. The molecule has 0 aliphatic heterocycles. The molecule has 0 saturated carbocycles. The van der Waals surface area contributed by atoms with Gasteiger partial charge in [0.25, 0.3) is 0 Å². The molecule has 32 heavy (non-hydrogen) atoms. The number of rotatable bonds is 12. The summed E-state index contributed by atoms with van der Waals surface area (Å²) in [6.45, 7) is 6.47. The van der Waals surface area contributed by atoms with Gasteiger partial charge in [0.15, 0.2) is 0 Å². The van der Waals surface area contributed by atoms with Crippen molar-refractivity contribution < 1.29 is 9.59 Å². The highest BCUT2D eigenvalue weighted by atomic mass is 35.5. The van der Waals surface area contributed by atoms with E-state index in [-0.39, 0.29) is 17.9 Å². The Morgan fingerprint density at radius 3 is 2.34 bits per heavy atom. The van der Waals surface area contributed by atoms with Gasteiger partial charge in [0.1, 0.15) is 6.04 Å². The van der Waals surface area contributed by atoms with Crippen molar-refractivity contribution in [1.82, 2.24) is 10.2 Å². The predicted molar refractivity (Wildman–Crippen MR) is 136 cm³/mol. The van der Waals surface area contributed by atoms with E-state index in [4.69, 9.17) is 23.2 Å². The van der Waals surface area contributed by atoms with Crippen molar-refractivity contribution in [2.75, 3.05) is 12.3 Å². The van der Waals surface area contributed by atoms with E-state index in [0.717, 1.165) is 17.5 Å². The number of amides is 2. The summed E-state index contributed by atoms with van der Waals surface area (Å²) >= 11 is 13.6. The van der Waals surface area contributed by atoms with Crippen LogP contribution >= 0.6 is 35.0 Å². The summed E-state index contributed by atoms with van der Waals surface area (Å²) in [4.78, 5) is 27.9. The number of carbonyl (C=O) groups excluding carboxylic acids is 2. The smallest absolute Gasteiger partial charge is 0.243 e. The largest absolute Gasteiger partial charge is 0.352 e. The van der Waals surface area contributed by atoms with Crippen molar-refractivity contribution in [2.45, 2.75) is 57.9 Å². The molecule has 7 heteroatoms. The fourth-order valence-corrected chi connectivity index (χ4v) is 4.48. The minimum Gasteiger partial charge on any atom is -0.352 e. The van der Waals surface area contributed by atoms with Crippen LogP contribution in [0.2, 0.25) is 10.0 Å². The van der Waals surface area contributed by atoms with Crippen molar-refractivity contribution in [3.63, 3.8) is 0 Å². The highest BCUT2D eigenvalue weighted by Crippen LogP contribution is 2.25. The summed E-state index contributed by atoms with van der Waals surface area (Å²) in [6, 6.07) is 15.1. The van der Waals surface area contributed by atoms with Gasteiger partial charge in [-0.2, -0.15) is 0 Å². The lowest BCUT2D eigenvalue weighted by Crippen LogP contribution is -2.52. The Morgan fingerprint density at radius 1 is 1.00 bits per heavy atom. The van der Waals surface area contributed by atoms with Crippen LogP contribution in [-0.2, 0) is 21.8 Å². The van der Waals surface area contributed by atoms with Crippen LogP contribution in [0.3, 0.4) is 0 Å². The topological polar surface area (TPSA) is 49.4 Å². The second-order valence-corrected chi connectivity index (χ2v) is 9.61. The van der Waals surface area contributed by atoms with E-state index < -0.39 is 6.04 Å². The van der Waals surface area contributed by atoms with Crippen LogP contribution in [0, 0.1) is 0 Å². The van der Waals surface area contributed by atoms with Crippen LogP contribution in [0.4, 0.5) is 0 Å². The van der Waals surface area contributed by atoms with E-state index >= 15 is 0 Å². The first-order valence-corrected chi connectivity index (χ1v) is 12.9. The van der Waals surface area contributed by atoms with Crippen molar-refractivity contribution in [3.05, 3.63) is 69.7 Å². The zero-order chi connectivity index (χ0) is 23.5. The number of carbonyl (C=O) groups is 2. The first kappa shape index (κ1) is 26.6. The van der Waals surface area contributed by atoms with Crippen molar-refractivity contribution in [3.8, 4) is 0 Å². The van der Waals surface area contributed by atoms with Gasteiger partial charge in [-0.1, -0.05) is 73.4 Å². The van der Waals surface area contributed by atoms with Gasteiger partial charge in [-0.05, 0) is 49.4 Å². The molecular formula is C25H32Cl2N2O2S. The molecular weight excluding hydrogens is 463 g/mol. The molecule has 0 aliphatic rings. The van der Waals surface area contributed by atoms with E-state index in [2.05, 4.69) is 5.32 Å². The summed E-state index contributed by atoms with van der Waals surface area (Å²) in [5.74, 6) is 0.822. The van der Waals surface area contributed by atoms with Gasteiger partial charge in [0.2, 0.25) is 11.8 Å². The molecule has 0 radical (unpaired) electrons. The summed E-state index contributed by atoms with van der Waals surface area (Å²) in [7, 11) is 0. The molecule has 0 unspecified atom stereocenters. The van der Waals surface area contributed by atoms with Gasteiger partial charge >= 0.3 is 0 Å². The molecule has 4 nitrogen and oxygen atoms in total. The molecule has 0 aliphatic carbocycles. The van der Waals surface area contributed by atoms with Gasteiger partial charge in [-0.15, -0.1) is 11.8 Å². The number of halogens is 2. The average Bonchev–Trinajstić information content (AvgIpc) is 2.79. The summed E-state index contributed by atoms with van der Waals surface area (Å²) in [6.07, 6.45) is 2.12. The van der Waals surface area contributed by atoms with Gasteiger partial charge in [0, 0.05) is 18.3 Å². The van der Waals surface area contributed by atoms with Gasteiger partial charge in [-0.3, -0.25) is 9.59 Å². The van der Waals surface area contributed by atoms with Gasteiger partial charge in [0.05, 0.1) is 15.8 Å². The third-order valence-corrected chi connectivity index (χ3v) is 7.08. The third-order valence-electron chi connectivity index (χ3n) is 5.35. The first-order chi connectivity index (χ1) is 15.3. The Morgan fingerprint density at radius 2 is 1.72 bits per heavy atom. The van der Waals surface area contributed by atoms with E-state index in [0.29, 0.717) is 40.9 Å². The maximum atomic E-state index is 13.2. The van der Waals surface area contributed by atoms with Crippen LogP contribution in [-0.4, -0.2) is 41.1 Å². The molecule has 174 valence electrons. The van der Waals surface area contributed by atoms with Gasteiger partial charge < -0.3 is 10.2 Å². The van der Waals surface area contributed by atoms with E-state index in [1.807, 2.05) is 63.2 Å². The highest BCUT2D eigenvalue weighted by molar-refractivity contribution is 7.99. The second-order valence-electron chi connectivity index (χ2n) is 7.81. The number of nitrogens with one attached hydrogen (secondary N) is 1. The van der Waals surface area contributed by atoms with Crippen molar-refractivity contribution in [1.29, 1.82) is 0 Å². The molecule has 0 heterocycles. The fraction of sp³-hybridized carbons (Fsp3) is 0.440. The van der Waals surface area contributed by atoms with Crippen molar-refractivity contribution >= 4 is 46.8 Å². The SMILES string of the molecule is CC[C@@H](C)NC(=O)[C@@H](CC)N(CCc1ccccc1)C(=O)CSCc1ccc(Cl)c(Cl)c1. The lowest BCUT2D eigenvalue weighted by molar-refractivity contribution is -0.139. The predicted octanol–water partition coefficient (Wildman–Crippen LogP) is 5.99. The lowest BCUT2D eigenvalue weighted by atomic mass is 10.1. The fourth-order valence-electron chi connectivity index (χ4n) is 3.31. The van der Waals surface area contributed by atoms with Crippen LogP contribution in [0.5, 0.6) is 0 Å². The lowest BCUT2D eigenvalue weighted by Gasteiger charge is -2.31. The Labute approximate surface area is 206 Å². The third kappa shape index (κ3) is 8.34. The number of thioether (sulfide) groups is 1. The molecule has 0 bridgehead atoms. The monoisotopic (exact) mass is 494 g/mol. The number of hydrogen-bond acceptors (Lipinski definition) is 3. The molecule has 2 aromatic rings. The summed E-state index contributed by atoms with van der Waals surface area (Å²) < 4.78 is 0. The quantitative estimate of drug-likeness (QED) is 0.394. The molecule has 2 amide bonds.